The fourth-order valence-corrected chi connectivity index (χ4v) is 4.15. The first kappa shape index (κ1) is 23.2. The first-order chi connectivity index (χ1) is 16.4. The molecular formula is C25H28N6O3. The third-order valence-electron chi connectivity index (χ3n) is 5.91. The maximum Gasteiger partial charge on any atom is 0.257 e. The predicted octanol–water partition coefficient (Wildman–Crippen LogP) is 2.69. The molecule has 1 aliphatic rings. The first-order valence-electron chi connectivity index (χ1n) is 11.3. The fourth-order valence-electron chi connectivity index (χ4n) is 4.15. The normalized spacial score (nSPS) is 13.6. The number of Topliss-reactive ketones (excluding diaryl/α,β-unsaturated/α-hetero) is 1. The number of nitrogens with zero attached hydrogens (tertiary/aromatic N) is 5. The van der Waals surface area contributed by atoms with E-state index < -0.39 is 0 Å². The molecule has 0 aliphatic carbocycles. The lowest BCUT2D eigenvalue weighted by Crippen LogP contribution is -2.49. The molecule has 1 aromatic carbocycles. The number of carbonyl (C=O) groups excluding carboxylic acids is 3. The molecule has 0 unspecified atom stereocenters. The van der Waals surface area contributed by atoms with Gasteiger partial charge in [-0.3, -0.25) is 24.0 Å². The van der Waals surface area contributed by atoms with Crippen molar-refractivity contribution in [1.29, 1.82) is 0 Å². The average molecular weight is 461 g/mol. The zero-order chi connectivity index (χ0) is 24.1. The summed E-state index contributed by atoms with van der Waals surface area (Å²) in [5, 5.41) is 7.10. The van der Waals surface area contributed by atoms with Gasteiger partial charge in [-0.1, -0.05) is 12.1 Å². The quantitative estimate of drug-likeness (QED) is 0.544. The minimum atomic E-state index is -0.191. The van der Waals surface area contributed by atoms with Crippen molar-refractivity contribution in [2.24, 2.45) is 7.05 Å². The van der Waals surface area contributed by atoms with Crippen LogP contribution in [0.15, 0.2) is 54.9 Å². The Labute approximate surface area is 198 Å². The Morgan fingerprint density at radius 1 is 0.971 bits per heavy atom. The van der Waals surface area contributed by atoms with E-state index in [-0.39, 0.29) is 30.4 Å². The highest BCUT2D eigenvalue weighted by Crippen LogP contribution is 2.23. The molecule has 9 nitrogen and oxygen atoms in total. The Kier molecular flexibility index (Phi) is 7.01. The Morgan fingerprint density at radius 3 is 2.35 bits per heavy atom. The summed E-state index contributed by atoms with van der Waals surface area (Å²) in [4.78, 5) is 45.9. The second-order valence-corrected chi connectivity index (χ2v) is 8.29. The van der Waals surface area contributed by atoms with Gasteiger partial charge in [0, 0.05) is 69.8 Å². The lowest BCUT2D eigenvalue weighted by atomic mass is 10.1. The molecule has 3 aromatic rings. The van der Waals surface area contributed by atoms with Gasteiger partial charge in [-0.15, -0.1) is 0 Å². The molecule has 4 rings (SSSR count). The van der Waals surface area contributed by atoms with Crippen molar-refractivity contribution in [3.05, 3.63) is 71.8 Å². The van der Waals surface area contributed by atoms with Crippen LogP contribution in [-0.4, -0.2) is 63.4 Å². The Balaban J connectivity index is 1.33. The molecule has 3 heterocycles. The second-order valence-electron chi connectivity index (χ2n) is 8.29. The van der Waals surface area contributed by atoms with Crippen LogP contribution < -0.4 is 10.2 Å². The standard InChI is InChI=1S/C25H28N6O3/c1-18-17-22(29(2)28-18)23(32)7-8-24(33)31-15-13-30(14-16-31)21-6-4-3-5-20(21)25(34)27-19-9-11-26-12-10-19/h3-6,9-12,17H,7-8,13-16H2,1-2H3,(H,26,27,34). The van der Waals surface area contributed by atoms with Gasteiger partial charge < -0.3 is 15.1 Å². The van der Waals surface area contributed by atoms with E-state index >= 15 is 0 Å². The number of carbonyl (C=O) groups is 3. The monoisotopic (exact) mass is 460 g/mol. The maximum absolute atomic E-state index is 12.9. The summed E-state index contributed by atoms with van der Waals surface area (Å²) in [5.74, 6) is -0.302. The van der Waals surface area contributed by atoms with Gasteiger partial charge in [0.15, 0.2) is 5.78 Å². The van der Waals surface area contributed by atoms with Crippen LogP contribution in [-0.2, 0) is 11.8 Å². The van der Waals surface area contributed by atoms with Gasteiger partial charge in [-0.25, -0.2) is 0 Å². The number of benzene rings is 1. The van der Waals surface area contributed by atoms with E-state index in [0.29, 0.717) is 43.1 Å². The molecule has 0 radical (unpaired) electrons. The van der Waals surface area contributed by atoms with E-state index in [0.717, 1.165) is 11.4 Å². The minimum Gasteiger partial charge on any atom is -0.367 e. The van der Waals surface area contributed by atoms with E-state index in [1.807, 2.05) is 25.1 Å². The molecular weight excluding hydrogens is 432 g/mol. The van der Waals surface area contributed by atoms with E-state index in [1.165, 1.54) is 0 Å². The summed E-state index contributed by atoms with van der Waals surface area (Å²) >= 11 is 0. The van der Waals surface area contributed by atoms with Crippen molar-refractivity contribution in [3.63, 3.8) is 0 Å². The largest absolute Gasteiger partial charge is 0.367 e. The van der Waals surface area contributed by atoms with Crippen LogP contribution >= 0.6 is 0 Å². The van der Waals surface area contributed by atoms with E-state index in [1.54, 1.807) is 53.3 Å². The number of para-hydroxylation sites is 1. The Bertz CT molecular complexity index is 1180. The number of nitrogens with one attached hydrogen (secondary N) is 1. The predicted molar refractivity (Wildman–Crippen MR) is 129 cm³/mol. The van der Waals surface area contributed by atoms with Crippen molar-refractivity contribution < 1.29 is 14.4 Å². The molecule has 2 aromatic heterocycles. The van der Waals surface area contributed by atoms with Crippen LogP contribution in [0.5, 0.6) is 0 Å². The minimum absolute atomic E-state index is 0.0318. The number of ketones is 1. The van der Waals surface area contributed by atoms with E-state index in [2.05, 4.69) is 20.3 Å². The van der Waals surface area contributed by atoms with Gasteiger partial charge in [0.2, 0.25) is 5.91 Å². The molecule has 1 aliphatic heterocycles. The number of aryl methyl sites for hydroxylation is 2. The molecule has 1 saturated heterocycles. The van der Waals surface area contributed by atoms with Crippen molar-refractivity contribution >= 4 is 29.0 Å². The van der Waals surface area contributed by atoms with Crippen LogP contribution in [0.2, 0.25) is 0 Å². The molecule has 0 bridgehead atoms. The lowest BCUT2D eigenvalue weighted by Gasteiger charge is -2.37. The number of rotatable bonds is 7. The molecule has 9 heteroatoms. The maximum atomic E-state index is 12.9. The highest BCUT2D eigenvalue weighted by Gasteiger charge is 2.25. The van der Waals surface area contributed by atoms with Crippen LogP contribution in [0, 0.1) is 6.92 Å². The summed E-state index contributed by atoms with van der Waals surface area (Å²) < 4.78 is 1.56. The summed E-state index contributed by atoms with van der Waals surface area (Å²) in [5.41, 5.74) is 3.40. The van der Waals surface area contributed by atoms with Crippen LogP contribution in [0.3, 0.4) is 0 Å². The van der Waals surface area contributed by atoms with E-state index in [9.17, 15) is 14.4 Å². The number of piperazine rings is 1. The van der Waals surface area contributed by atoms with Crippen molar-refractivity contribution in [2.45, 2.75) is 19.8 Å². The van der Waals surface area contributed by atoms with Crippen molar-refractivity contribution in [3.8, 4) is 0 Å². The molecule has 0 atom stereocenters. The zero-order valence-electron chi connectivity index (χ0n) is 19.4. The van der Waals surface area contributed by atoms with Gasteiger partial charge in [-0.2, -0.15) is 5.10 Å². The fraction of sp³-hybridized carbons (Fsp3) is 0.320. The topological polar surface area (TPSA) is 100 Å². The Hall–Kier alpha value is -4.01. The molecule has 0 spiro atoms. The number of amides is 2. The van der Waals surface area contributed by atoms with Crippen LogP contribution in [0.1, 0.15) is 39.4 Å². The molecule has 34 heavy (non-hydrogen) atoms. The van der Waals surface area contributed by atoms with E-state index in [4.69, 9.17) is 0 Å². The van der Waals surface area contributed by atoms with Crippen molar-refractivity contribution in [1.82, 2.24) is 19.7 Å². The third-order valence-corrected chi connectivity index (χ3v) is 5.91. The number of aromatic nitrogens is 3. The smallest absolute Gasteiger partial charge is 0.257 e. The van der Waals surface area contributed by atoms with Gasteiger partial charge in [0.1, 0.15) is 5.69 Å². The molecule has 1 N–H and O–H groups in total. The number of pyridine rings is 1. The molecule has 0 saturated carbocycles. The molecule has 1 fully saturated rings. The van der Waals surface area contributed by atoms with Crippen molar-refractivity contribution in [2.75, 3.05) is 36.4 Å². The third kappa shape index (κ3) is 5.31. The lowest BCUT2D eigenvalue weighted by molar-refractivity contribution is -0.131. The number of anilines is 2. The van der Waals surface area contributed by atoms with Crippen LogP contribution in [0.4, 0.5) is 11.4 Å². The molecule has 2 amide bonds. The average Bonchev–Trinajstić information content (AvgIpc) is 3.20. The van der Waals surface area contributed by atoms with Gasteiger partial charge in [0.25, 0.3) is 5.91 Å². The highest BCUT2D eigenvalue weighted by molar-refractivity contribution is 6.08. The van der Waals surface area contributed by atoms with Gasteiger partial charge >= 0.3 is 0 Å². The SMILES string of the molecule is Cc1cc(C(=O)CCC(=O)N2CCN(c3ccccc3C(=O)Nc3ccncc3)CC2)n(C)n1. The summed E-state index contributed by atoms with van der Waals surface area (Å²) in [6.45, 7) is 4.14. The first-order valence-corrected chi connectivity index (χ1v) is 11.3. The summed E-state index contributed by atoms with van der Waals surface area (Å²) in [6, 6.07) is 12.7. The number of hydrogen-bond acceptors (Lipinski definition) is 6. The van der Waals surface area contributed by atoms with Crippen LogP contribution in [0.25, 0.3) is 0 Å². The summed E-state index contributed by atoms with van der Waals surface area (Å²) in [6.07, 6.45) is 3.59. The van der Waals surface area contributed by atoms with Gasteiger partial charge in [-0.05, 0) is 37.3 Å². The zero-order valence-corrected chi connectivity index (χ0v) is 19.4. The van der Waals surface area contributed by atoms with Gasteiger partial charge in [0.05, 0.1) is 11.3 Å². The second kappa shape index (κ2) is 10.3. The molecule has 176 valence electrons. The Morgan fingerprint density at radius 2 is 1.68 bits per heavy atom. The summed E-state index contributed by atoms with van der Waals surface area (Å²) in [7, 11) is 1.73. The number of hydrogen-bond donors (Lipinski definition) is 1. The highest BCUT2D eigenvalue weighted by atomic mass is 16.2.